The van der Waals surface area contributed by atoms with Crippen LogP contribution in [0.15, 0.2) is 24.3 Å². The summed E-state index contributed by atoms with van der Waals surface area (Å²) in [6.07, 6.45) is 2.10. The number of amides is 3. The van der Waals surface area contributed by atoms with Gasteiger partial charge in [-0.2, -0.15) is 0 Å². The van der Waals surface area contributed by atoms with Gasteiger partial charge in [-0.1, -0.05) is 12.1 Å². The normalized spacial score (nSPS) is 21.4. The third-order valence-electron chi connectivity index (χ3n) is 4.62. The van der Waals surface area contributed by atoms with E-state index in [2.05, 4.69) is 5.32 Å². The van der Waals surface area contributed by atoms with E-state index in [-0.39, 0.29) is 24.0 Å². The Kier molecular flexibility index (Phi) is 4.89. The van der Waals surface area contributed by atoms with Crippen molar-refractivity contribution in [3.8, 4) is 0 Å². The summed E-state index contributed by atoms with van der Waals surface area (Å²) in [5, 5.41) is 2.69. The number of carbonyl (C=O) groups is 3. The van der Waals surface area contributed by atoms with Crippen LogP contribution in [0.3, 0.4) is 0 Å². The van der Waals surface area contributed by atoms with Crippen LogP contribution in [0.5, 0.6) is 0 Å². The van der Waals surface area contributed by atoms with Gasteiger partial charge in [-0.15, -0.1) is 0 Å². The van der Waals surface area contributed by atoms with Crippen LogP contribution in [-0.4, -0.2) is 55.6 Å². The van der Waals surface area contributed by atoms with Gasteiger partial charge in [0.05, 0.1) is 22.6 Å². The van der Waals surface area contributed by atoms with Crippen molar-refractivity contribution in [2.75, 3.05) is 24.6 Å². The lowest BCUT2D eigenvalue weighted by Gasteiger charge is -2.14. The molecular weight excluding hydrogens is 344 g/mol. The van der Waals surface area contributed by atoms with E-state index < -0.39 is 27.6 Å². The molecule has 0 aromatic heterocycles. The van der Waals surface area contributed by atoms with Crippen LogP contribution in [-0.2, 0) is 14.6 Å². The van der Waals surface area contributed by atoms with E-state index in [0.29, 0.717) is 30.5 Å². The molecule has 1 N–H and O–H groups in total. The minimum absolute atomic E-state index is 0.165. The highest BCUT2D eigenvalue weighted by Crippen LogP contribution is 2.23. The Morgan fingerprint density at radius 2 is 1.80 bits per heavy atom. The van der Waals surface area contributed by atoms with Crippen molar-refractivity contribution in [1.29, 1.82) is 0 Å². The molecule has 2 heterocycles. The number of nitrogens with one attached hydrogen (secondary N) is 1. The van der Waals surface area contributed by atoms with Gasteiger partial charge >= 0.3 is 0 Å². The monoisotopic (exact) mass is 364 g/mol. The van der Waals surface area contributed by atoms with E-state index in [1.54, 1.807) is 24.3 Å². The minimum Gasteiger partial charge on any atom is -0.355 e. The maximum Gasteiger partial charge on any atom is 0.262 e. The summed E-state index contributed by atoms with van der Waals surface area (Å²) in [7, 11) is -2.87. The largest absolute Gasteiger partial charge is 0.355 e. The Morgan fingerprint density at radius 1 is 1.16 bits per heavy atom. The Morgan fingerprint density at radius 3 is 2.36 bits per heavy atom. The lowest BCUT2D eigenvalue weighted by Crippen LogP contribution is -2.40. The molecule has 0 radical (unpaired) electrons. The van der Waals surface area contributed by atoms with Gasteiger partial charge in [0.2, 0.25) is 5.91 Å². The second kappa shape index (κ2) is 6.95. The van der Waals surface area contributed by atoms with Crippen molar-refractivity contribution >= 4 is 27.6 Å². The van der Waals surface area contributed by atoms with E-state index in [4.69, 9.17) is 0 Å². The van der Waals surface area contributed by atoms with Gasteiger partial charge in [0.15, 0.2) is 9.84 Å². The Hall–Kier alpha value is -2.22. The molecule has 8 heteroatoms. The van der Waals surface area contributed by atoms with Crippen LogP contribution < -0.4 is 5.32 Å². The number of hydrogen-bond donors (Lipinski definition) is 1. The molecule has 0 bridgehead atoms. The van der Waals surface area contributed by atoms with Gasteiger partial charge < -0.3 is 5.32 Å². The highest BCUT2D eigenvalue weighted by molar-refractivity contribution is 7.91. The number of sulfone groups is 1. The fourth-order valence-electron chi connectivity index (χ4n) is 3.30. The molecule has 134 valence electrons. The number of benzene rings is 1. The molecule has 2 aliphatic rings. The van der Waals surface area contributed by atoms with E-state index in [1.807, 2.05) is 0 Å². The number of hydrogen-bond acceptors (Lipinski definition) is 5. The quantitative estimate of drug-likeness (QED) is 0.589. The zero-order chi connectivity index (χ0) is 18.0. The minimum atomic E-state index is -2.87. The smallest absolute Gasteiger partial charge is 0.262 e. The maximum absolute atomic E-state index is 12.2. The van der Waals surface area contributed by atoms with Crippen LogP contribution in [0.25, 0.3) is 0 Å². The van der Waals surface area contributed by atoms with Crippen LogP contribution in [0, 0.1) is 5.92 Å². The standard InChI is InChI=1S/C17H20N2O5S/c20-15(18-8-3-4-12-7-9-25(23,24)11-12)10-19-16(21)13-5-1-2-6-14(13)17(19)22/h1-2,5-6,12H,3-4,7-11H2,(H,18,20). The molecule has 7 nitrogen and oxygen atoms in total. The summed E-state index contributed by atoms with van der Waals surface area (Å²) in [5.74, 6) is -0.648. The predicted molar refractivity (Wildman–Crippen MR) is 90.8 cm³/mol. The lowest BCUT2D eigenvalue weighted by molar-refractivity contribution is -0.121. The maximum atomic E-state index is 12.2. The first-order chi connectivity index (χ1) is 11.9. The van der Waals surface area contributed by atoms with Gasteiger partial charge in [-0.05, 0) is 37.3 Å². The summed E-state index contributed by atoms with van der Waals surface area (Å²) < 4.78 is 22.8. The average molecular weight is 364 g/mol. The second-order valence-corrected chi connectivity index (χ2v) is 8.73. The van der Waals surface area contributed by atoms with Crippen molar-refractivity contribution in [2.24, 2.45) is 5.92 Å². The number of imide groups is 1. The molecule has 25 heavy (non-hydrogen) atoms. The van der Waals surface area contributed by atoms with E-state index >= 15 is 0 Å². The zero-order valence-electron chi connectivity index (χ0n) is 13.7. The Bertz CT molecular complexity index is 783. The molecule has 0 saturated carbocycles. The predicted octanol–water partition coefficient (Wildman–Crippen LogP) is 0.614. The topological polar surface area (TPSA) is 101 Å². The highest BCUT2D eigenvalue weighted by Gasteiger charge is 2.36. The molecule has 1 fully saturated rings. The Labute approximate surface area is 146 Å². The van der Waals surface area contributed by atoms with Gasteiger partial charge in [0, 0.05) is 6.54 Å². The SMILES string of the molecule is O=C(CN1C(=O)c2ccccc2C1=O)NCCCC1CCS(=O)(=O)C1. The van der Waals surface area contributed by atoms with Crippen LogP contribution >= 0.6 is 0 Å². The summed E-state index contributed by atoms with van der Waals surface area (Å²) in [6.45, 7) is 0.0999. The third-order valence-corrected chi connectivity index (χ3v) is 6.45. The van der Waals surface area contributed by atoms with Gasteiger partial charge in [0.25, 0.3) is 11.8 Å². The van der Waals surface area contributed by atoms with Crippen LogP contribution in [0.1, 0.15) is 40.0 Å². The first kappa shape index (κ1) is 17.6. The third kappa shape index (κ3) is 3.89. The van der Waals surface area contributed by atoms with Crippen molar-refractivity contribution in [2.45, 2.75) is 19.3 Å². The molecule has 0 spiro atoms. The number of carbonyl (C=O) groups excluding carboxylic acids is 3. The van der Waals surface area contributed by atoms with E-state index in [1.165, 1.54) is 0 Å². The van der Waals surface area contributed by atoms with Crippen molar-refractivity contribution < 1.29 is 22.8 Å². The molecular formula is C17H20N2O5S. The van der Waals surface area contributed by atoms with Gasteiger partial charge in [0.1, 0.15) is 6.54 Å². The van der Waals surface area contributed by atoms with Crippen LogP contribution in [0.4, 0.5) is 0 Å². The first-order valence-electron chi connectivity index (χ1n) is 8.30. The van der Waals surface area contributed by atoms with Gasteiger partial charge in [-0.3, -0.25) is 19.3 Å². The summed E-state index contributed by atoms with van der Waals surface area (Å²) in [6, 6.07) is 6.50. The lowest BCUT2D eigenvalue weighted by atomic mass is 10.0. The molecule has 3 rings (SSSR count). The van der Waals surface area contributed by atoms with Crippen molar-refractivity contribution in [3.05, 3.63) is 35.4 Å². The van der Waals surface area contributed by atoms with Crippen molar-refractivity contribution in [3.63, 3.8) is 0 Å². The molecule has 1 unspecified atom stereocenters. The summed E-state index contributed by atoms with van der Waals surface area (Å²) in [4.78, 5) is 37.3. The Balaban J connectivity index is 1.43. The number of fused-ring (bicyclic) bond motifs is 1. The molecule has 1 saturated heterocycles. The van der Waals surface area contributed by atoms with E-state index in [9.17, 15) is 22.8 Å². The molecule has 1 aromatic rings. The molecule has 3 amide bonds. The molecule has 2 aliphatic heterocycles. The summed E-state index contributed by atoms with van der Waals surface area (Å²) >= 11 is 0. The van der Waals surface area contributed by atoms with E-state index in [0.717, 1.165) is 11.3 Å². The summed E-state index contributed by atoms with van der Waals surface area (Å²) in [5.41, 5.74) is 0.644. The molecule has 0 aliphatic carbocycles. The molecule has 1 aromatic carbocycles. The number of nitrogens with zero attached hydrogens (tertiary/aromatic N) is 1. The fraction of sp³-hybridized carbons (Fsp3) is 0.471. The molecule has 1 atom stereocenters. The number of rotatable bonds is 6. The van der Waals surface area contributed by atoms with Crippen molar-refractivity contribution in [1.82, 2.24) is 10.2 Å². The average Bonchev–Trinajstić information content (AvgIpc) is 3.04. The second-order valence-electron chi connectivity index (χ2n) is 6.50. The zero-order valence-corrected chi connectivity index (χ0v) is 14.5. The first-order valence-corrected chi connectivity index (χ1v) is 10.1. The van der Waals surface area contributed by atoms with Gasteiger partial charge in [-0.25, -0.2) is 8.42 Å². The highest BCUT2D eigenvalue weighted by atomic mass is 32.2. The fourth-order valence-corrected chi connectivity index (χ4v) is 5.21. The van der Waals surface area contributed by atoms with Crippen LogP contribution in [0.2, 0.25) is 0 Å².